The fraction of sp³-hybridized carbons (Fsp3) is 0.478. The zero-order valence-corrected chi connectivity index (χ0v) is 17.7. The SMILES string of the molecule is CC/C=C\C/C=C\C/C=C\C/C=C\C/C=C\CCCC(=O)OCCNC(=O)Cl. The van der Waals surface area contributed by atoms with Crippen molar-refractivity contribution in [2.24, 2.45) is 0 Å². The molecule has 0 saturated carbocycles. The van der Waals surface area contributed by atoms with Gasteiger partial charge < -0.3 is 10.1 Å². The first kappa shape index (κ1) is 25.9. The molecule has 0 rings (SSSR count). The molecule has 0 aliphatic carbocycles. The minimum absolute atomic E-state index is 0.152. The Hall–Kier alpha value is -2.07. The number of amides is 1. The van der Waals surface area contributed by atoms with E-state index >= 15 is 0 Å². The van der Waals surface area contributed by atoms with Gasteiger partial charge in [-0.05, 0) is 56.5 Å². The number of hydrogen-bond donors (Lipinski definition) is 1. The molecule has 0 spiro atoms. The average molecular weight is 408 g/mol. The molecule has 0 unspecified atom stereocenters. The van der Waals surface area contributed by atoms with Gasteiger partial charge >= 0.3 is 11.3 Å². The van der Waals surface area contributed by atoms with Crippen molar-refractivity contribution < 1.29 is 14.3 Å². The van der Waals surface area contributed by atoms with E-state index in [9.17, 15) is 9.59 Å². The lowest BCUT2D eigenvalue weighted by Crippen LogP contribution is -2.23. The van der Waals surface area contributed by atoms with Crippen LogP contribution in [0.5, 0.6) is 0 Å². The molecule has 0 saturated heterocycles. The summed E-state index contributed by atoms with van der Waals surface area (Å²) in [6.07, 6.45) is 28.5. The predicted molar refractivity (Wildman–Crippen MR) is 119 cm³/mol. The van der Waals surface area contributed by atoms with Crippen molar-refractivity contribution in [2.75, 3.05) is 13.2 Å². The molecule has 1 N–H and O–H groups in total. The number of esters is 1. The van der Waals surface area contributed by atoms with Crippen LogP contribution in [0.15, 0.2) is 60.8 Å². The second kappa shape index (κ2) is 21.2. The highest BCUT2D eigenvalue weighted by Gasteiger charge is 2.01. The van der Waals surface area contributed by atoms with Crippen molar-refractivity contribution >= 4 is 22.9 Å². The number of carbonyl (C=O) groups excluding carboxylic acids is 2. The Morgan fingerprint density at radius 2 is 1.32 bits per heavy atom. The van der Waals surface area contributed by atoms with Gasteiger partial charge in [0.25, 0.3) is 0 Å². The Kier molecular flexibility index (Phi) is 19.7. The van der Waals surface area contributed by atoms with Gasteiger partial charge in [-0.1, -0.05) is 67.7 Å². The van der Waals surface area contributed by atoms with Crippen LogP contribution in [0, 0.1) is 0 Å². The van der Waals surface area contributed by atoms with Crippen LogP contribution < -0.4 is 5.32 Å². The summed E-state index contributed by atoms with van der Waals surface area (Å²) in [5, 5.41) is 1.71. The Morgan fingerprint density at radius 1 is 0.821 bits per heavy atom. The maximum absolute atomic E-state index is 11.4. The number of nitrogens with one attached hydrogen (secondary N) is 1. The van der Waals surface area contributed by atoms with Crippen molar-refractivity contribution in [3.63, 3.8) is 0 Å². The number of carbonyl (C=O) groups is 2. The van der Waals surface area contributed by atoms with Gasteiger partial charge in [0, 0.05) is 6.42 Å². The highest BCUT2D eigenvalue weighted by Crippen LogP contribution is 2.01. The van der Waals surface area contributed by atoms with Gasteiger partial charge in [0.2, 0.25) is 0 Å². The second-order valence-electron chi connectivity index (χ2n) is 6.02. The van der Waals surface area contributed by atoms with Crippen LogP contribution in [0.4, 0.5) is 4.79 Å². The number of halogens is 1. The van der Waals surface area contributed by atoms with Gasteiger partial charge in [0.1, 0.15) is 6.61 Å². The summed E-state index contributed by atoms with van der Waals surface area (Å²) in [6.45, 7) is 2.53. The Labute approximate surface area is 175 Å². The molecule has 0 aromatic carbocycles. The maximum atomic E-state index is 11.4. The fourth-order valence-electron chi connectivity index (χ4n) is 2.12. The summed E-state index contributed by atoms with van der Waals surface area (Å²) in [4.78, 5) is 21.9. The van der Waals surface area contributed by atoms with Gasteiger partial charge in [-0.3, -0.25) is 9.59 Å². The van der Waals surface area contributed by atoms with Crippen LogP contribution in [0.1, 0.15) is 58.3 Å². The number of allylic oxidation sites excluding steroid dienone is 10. The van der Waals surface area contributed by atoms with Crippen molar-refractivity contribution in [2.45, 2.75) is 58.3 Å². The lowest BCUT2D eigenvalue weighted by atomic mass is 10.2. The zero-order chi connectivity index (χ0) is 20.7. The molecule has 0 bridgehead atoms. The average Bonchev–Trinajstić information content (AvgIpc) is 2.67. The fourth-order valence-corrected chi connectivity index (χ4v) is 2.21. The van der Waals surface area contributed by atoms with Gasteiger partial charge in [0.15, 0.2) is 0 Å². The lowest BCUT2D eigenvalue weighted by Gasteiger charge is -2.03. The summed E-state index contributed by atoms with van der Waals surface area (Å²) < 4.78 is 4.96. The van der Waals surface area contributed by atoms with Crippen LogP contribution in [-0.4, -0.2) is 24.5 Å². The standard InChI is InChI=1S/C23H34ClNO3/c1-2-3-4-5-6-7-8-9-10-11-12-13-14-15-16-17-18-19-22(26)28-21-20-25-23(24)27/h3-4,6-7,9-10,12-13,15-16H,2,5,8,11,14,17-21H2,1H3,(H,25,27)/b4-3-,7-6-,10-9-,13-12-,16-15-. The van der Waals surface area contributed by atoms with E-state index < -0.39 is 5.37 Å². The Morgan fingerprint density at radius 3 is 1.82 bits per heavy atom. The smallest absolute Gasteiger partial charge is 0.313 e. The van der Waals surface area contributed by atoms with Crippen molar-refractivity contribution in [1.82, 2.24) is 5.32 Å². The first-order chi connectivity index (χ1) is 13.7. The molecule has 1 amide bonds. The molecule has 0 aliphatic rings. The predicted octanol–water partition coefficient (Wildman–Crippen LogP) is 6.40. The quantitative estimate of drug-likeness (QED) is 0.106. The number of hydrogen-bond acceptors (Lipinski definition) is 3. The van der Waals surface area contributed by atoms with E-state index in [0.717, 1.165) is 44.9 Å². The molecular weight excluding hydrogens is 374 g/mol. The Bertz CT molecular complexity index is 548. The minimum Gasteiger partial charge on any atom is -0.464 e. The molecule has 5 heteroatoms. The molecule has 0 radical (unpaired) electrons. The largest absolute Gasteiger partial charge is 0.464 e. The van der Waals surface area contributed by atoms with Crippen molar-refractivity contribution in [1.29, 1.82) is 0 Å². The van der Waals surface area contributed by atoms with E-state index in [1.54, 1.807) is 0 Å². The Balaban J connectivity index is 3.51. The second-order valence-corrected chi connectivity index (χ2v) is 6.36. The molecule has 0 fully saturated rings. The normalized spacial score (nSPS) is 12.2. The number of rotatable bonds is 16. The van der Waals surface area contributed by atoms with E-state index in [4.69, 9.17) is 16.3 Å². The summed E-state index contributed by atoms with van der Waals surface area (Å²) >= 11 is 5.10. The molecule has 0 aromatic rings. The molecule has 0 aromatic heterocycles. The number of ether oxygens (including phenoxy) is 1. The molecule has 0 heterocycles. The van der Waals surface area contributed by atoms with Gasteiger partial charge in [-0.15, -0.1) is 0 Å². The summed E-state index contributed by atoms with van der Waals surface area (Å²) in [6, 6.07) is 0. The molecule has 156 valence electrons. The van der Waals surface area contributed by atoms with Gasteiger partial charge in [-0.2, -0.15) is 0 Å². The van der Waals surface area contributed by atoms with Gasteiger partial charge in [0.05, 0.1) is 6.54 Å². The van der Waals surface area contributed by atoms with Crippen molar-refractivity contribution in [3.05, 3.63) is 60.8 Å². The van der Waals surface area contributed by atoms with Crippen LogP contribution in [0.3, 0.4) is 0 Å². The highest BCUT2D eigenvalue weighted by molar-refractivity contribution is 6.62. The van der Waals surface area contributed by atoms with E-state index in [-0.39, 0.29) is 19.1 Å². The zero-order valence-electron chi connectivity index (χ0n) is 16.9. The van der Waals surface area contributed by atoms with E-state index in [2.05, 4.69) is 73.0 Å². The third-order valence-electron chi connectivity index (χ3n) is 3.54. The lowest BCUT2D eigenvalue weighted by molar-refractivity contribution is -0.143. The molecule has 4 nitrogen and oxygen atoms in total. The third kappa shape index (κ3) is 22.0. The van der Waals surface area contributed by atoms with Crippen LogP contribution >= 0.6 is 11.6 Å². The molecule has 0 aliphatic heterocycles. The van der Waals surface area contributed by atoms with E-state index in [1.165, 1.54) is 0 Å². The van der Waals surface area contributed by atoms with Crippen LogP contribution in [-0.2, 0) is 9.53 Å². The van der Waals surface area contributed by atoms with Crippen LogP contribution in [0.2, 0.25) is 0 Å². The highest BCUT2D eigenvalue weighted by atomic mass is 35.5. The summed E-state index contributed by atoms with van der Waals surface area (Å²) in [5.74, 6) is -0.254. The van der Waals surface area contributed by atoms with Crippen LogP contribution in [0.25, 0.3) is 0 Å². The minimum atomic E-state index is -0.644. The first-order valence-corrected chi connectivity index (χ1v) is 10.4. The number of unbranched alkanes of at least 4 members (excludes halogenated alkanes) is 1. The van der Waals surface area contributed by atoms with Crippen molar-refractivity contribution in [3.8, 4) is 0 Å². The molecule has 0 atom stereocenters. The molecular formula is C23H34ClNO3. The maximum Gasteiger partial charge on any atom is 0.313 e. The van der Waals surface area contributed by atoms with Gasteiger partial charge in [-0.25, -0.2) is 0 Å². The topological polar surface area (TPSA) is 55.4 Å². The monoisotopic (exact) mass is 407 g/mol. The summed E-state index contributed by atoms with van der Waals surface area (Å²) in [5.41, 5.74) is 0. The van der Waals surface area contributed by atoms with E-state index in [0.29, 0.717) is 6.42 Å². The summed E-state index contributed by atoms with van der Waals surface area (Å²) in [7, 11) is 0. The third-order valence-corrected chi connectivity index (χ3v) is 3.67. The molecule has 28 heavy (non-hydrogen) atoms. The van der Waals surface area contributed by atoms with E-state index in [1.807, 2.05) is 0 Å². The first-order valence-electron chi connectivity index (χ1n) is 10.0.